The fourth-order valence-corrected chi connectivity index (χ4v) is 3.05. The van der Waals surface area contributed by atoms with Crippen LogP contribution in [0, 0.1) is 12.7 Å². The molecule has 0 saturated heterocycles. The highest BCUT2D eigenvalue weighted by Gasteiger charge is 2.25. The van der Waals surface area contributed by atoms with Crippen LogP contribution in [-0.2, 0) is 0 Å². The number of carboxylic acids is 1. The number of hydrogen-bond acceptors (Lipinski definition) is 4. The van der Waals surface area contributed by atoms with Gasteiger partial charge in [-0.15, -0.1) is 0 Å². The molecule has 0 radical (unpaired) electrons. The number of benzene rings is 2. The number of carbonyl (C=O) groups excluding carboxylic acids is 1. The molecule has 134 valence electrons. The Morgan fingerprint density at radius 2 is 2.00 bits per heavy atom. The molecule has 0 spiro atoms. The molecule has 0 aliphatic heterocycles. The number of halogens is 1. The monoisotopic (exact) mass is 364 g/mol. The van der Waals surface area contributed by atoms with Crippen molar-refractivity contribution in [1.29, 1.82) is 0 Å². The van der Waals surface area contributed by atoms with Gasteiger partial charge in [-0.1, -0.05) is 23.4 Å². The first-order chi connectivity index (χ1) is 13.0. The first kappa shape index (κ1) is 16.7. The first-order valence-electron chi connectivity index (χ1n) is 8.07. The summed E-state index contributed by atoms with van der Waals surface area (Å²) in [6.45, 7) is 1.61. The molecule has 0 saturated carbocycles. The van der Waals surface area contributed by atoms with Gasteiger partial charge in [-0.2, -0.15) is 0 Å². The van der Waals surface area contributed by atoms with E-state index in [1.807, 2.05) is 0 Å². The van der Waals surface area contributed by atoms with Crippen LogP contribution in [0.25, 0.3) is 22.2 Å². The Morgan fingerprint density at radius 3 is 2.74 bits per heavy atom. The lowest BCUT2D eigenvalue weighted by Gasteiger charge is -2.03. The minimum absolute atomic E-state index is 0.116. The van der Waals surface area contributed by atoms with E-state index in [0.29, 0.717) is 27.8 Å². The van der Waals surface area contributed by atoms with Crippen molar-refractivity contribution >= 4 is 22.7 Å². The number of aromatic amines is 1. The van der Waals surface area contributed by atoms with Crippen molar-refractivity contribution in [3.05, 3.63) is 76.9 Å². The van der Waals surface area contributed by atoms with E-state index in [1.54, 1.807) is 19.1 Å². The van der Waals surface area contributed by atoms with Crippen LogP contribution in [0.15, 0.2) is 53.2 Å². The van der Waals surface area contributed by atoms with Gasteiger partial charge in [0.1, 0.15) is 17.3 Å². The average molecular weight is 364 g/mol. The van der Waals surface area contributed by atoms with E-state index in [4.69, 9.17) is 9.63 Å². The van der Waals surface area contributed by atoms with Crippen molar-refractivity contribution in [3.8, 4) is 11.3 Å². The lowest BCUT2D eigenvalue weighted by Crippen LogP contribution is -2.03. The van der Waals surface area contributed by atoms with Gasteiger partial charge in [0, 0.05) is 28.2 Å². The lowest BCUT2D eigenvalue weighted by atomic mass is 9.97. The van der Waals surface area contributed by atoms with E-state index in [9.17, 15) is 14.0 Å². The number of carboxylic acid groups (broad SMARTS) is 1. The molecule has 2 aromatic carbocycles. The van der Waals surface area contributed by atoms with Crippen LogP contribution >= 0.6 is 0 Å². The number of H-pyrrole nitrogens is 1. The summed E-state index contributed by atoms with van der Waals surface area (Å²) in [7, 11) is 0. The van der Waals surface area contributed by atoms with Crippen LogP contribution in [0.2, 0.25) is 0 Å². The normalized spacial score (nSPS) is 11.0. The van der Waals surface area contributed by atoms with E-state index in [-0.39, 0.29) is 22.6 Å². The molecule has 7 heteroatoms. The molecule has 0 atom stereocenters. The minimum Gasteiger partial charge on any atom is -0.478 e. The quantitative estimate of drug-likeness (QED) is 0.529. The fraction of sp³-hybridized carbons (Fsp3) is 0.0500. The van der Waals surface area contributed by atoms with Crippen LogP contribution in [0.5, 0.6) is 0 Å². The van der Waals surface area contributed by atoms with Crippen molar-refractivity contribution in [2.75, 3.05) is 0 Å². The number of rotatable bonds is 4. The molecule has 2 heterocycles. The van der Waals surface area contributed by atoms with Crippen molar-refractivity contribution in [2.45, 2.75) is 6.92 Å². The van der Waals surface area contributed by atoms with E-state index < -0.39 is 11.8 Å². The number of aromatic carboxylic acids is 1. The van der Waals surface area contributed by atoms with Gasteiger partial charge in [-0.3, -0.25) is 4.79 Å². The molecule has 6 nitrogen and oxygen atoms in total. The summed E-state index contributed by atoms with van der Waals surface area (Å²) in [6.07, 6.45) is 1.51. The molecule has 4 rings (SSSR count). The second-order valence-electron chi connectivity index (χ2n) is 6.07. The largest absolute Gasteiger partial charge is 0.478 e. The third kappa shape index (κ3) is 2.79. The van der Waals surface area contributed by atoms with E-state index >= 15 is 0 Å². The van der Waals surface area contributed by atoms with Crippen LogP contribution < -0.4 is 0 Å². The fourth-order valence-electron chi connectivity index (χ4n) is 3.05. The second kappa shape index (κ2) is 6.21. The van der Waals surface area contributed by atoms with Gasteiger partial charge in [0.05, 0.1) is 11.1 Å². The van der Waals surface area contributed by atoms with Gasteiger partial charge in [0.25, 0.3) is 0 Å². The predicted octanol–water partition coefficient (Wildman–Crippen LogP) is 4.20. The Bertz CT molecular complexity index is 1210. The number of nitrogens with zero attached hydrogens (tertiary/aromatic N) is 1. The molecule has 4 aromatic rings. The van der Waals surface area contributed by atoms with Gasteiger partial charge in [0.15, 0.2) is 0 Å². The van der Waals surface area contributed by atoms with Gasteiger partial charge >= 0.3 is 5.97 Å². The van der Waals surface area contributed by atoms with Crippen molar-refractivity contribution in [2.24, 2.45) is 0 Å². The maximum atomic E-state index is 13.6. The van der Waals surface area contributed by atoms with Crippen LogP contribution in [0.3, 0.4) is 0 Å². The standard InChI is InChI=1S/C20H13FN2O4/c1-10-17(18(23-27-10)11-3-2-4-13(21)7-11)19(24)15-9-22-16-8-12(20(25)26)5-6-14(15)16/h2-9,22H,1H3,(H,25,26). The van der Waals surface area contributed by atoms with Crippen LogP contribution in [0.1, 0.15) is 32.0 Å². The zero-order valence-electron chi connectivity index (χ0n) is 14.1. The summed E-state index contributed by atoms with van der Waals surface area (Å²) >= 11 is 0. The highest BCUT2D eigenvalue weighted by atomic mass is 19.1. The summed E-state index contributed by atoms with van der Waals surface area (Å²) in [5.41, 5.74) is 1.93. The molecule has 27 heavy (non-hydrogen) atoms. The first-order valence-corrected chi connectivity index (χ1v) is 8.07. The summed E-state index contributed by atoms with van der Waals surface area (Å²) in [6, 6.07) is 10.2. The smallest absolute Gasteiger partial charge is 0.335 e. The summed E-state index contributed by atoms with van der Waals surface area (Å²) in [5, 5.41) is 13.6. The number of hydrogen-bond donors (Lipinski definition) is 2. The molecule has 2 aromatic heterocycles. The van der Waals surface area contributed by atoms with E-state index in [0.717, 1.165) is 0 Å². The predicted molar refractivity (Wildman–Crippen MR) is 95.3 cm³/mol. The van der Waals surface area contributed by atoms with Crippen molar-refractivity contribution in [1.82, 2.24) is 10.1 Å². The zero-order chi connectivity index (χ0) is 19.1. The SMILES string of the molecule is Cc1onc(-c2cccc(F)c2)c1C(=O)c1c[nH]c2cc(C(=O)O)ccc12. The van der Waals surface area contributed by atoms with Crippen LogP contribution in [0.4, 0.5) is 4.39 Å². The number of fused-ring (bicyclic) bond motifs is 1. The number of carbonyl (C=O) groups is 2. The van der Waals surface area contributed by atoms with Crippen LogP contribution in [-0.4, -0.2) is 27.0 Å². The maximum Gasteiger partial charge on any atom is 0.335 e. The topological polar surface area (TPSA) is 96.2 Å². The van der Waals surface area contributed by atoms with E-state index in [2.05, 4.69) is 10.1 Å². The van der Waals surface area contributed by atoms with Gasteiger partial charge in [-0.05, 0) is 31.2 Å². The zero-order valence-corrected chi connectivity index (χ0v) is 14.1. The Morgan fingerprint density at radius 1 is 1.19 bits per heavy atom. The Hall–Kier alpha value is -3.74. The maximum absolute atomic E-state index is 13.6. The van der Waals surface area contributed by atoms with E-state index in [1.165, 1.54) is 36.5 Å². The highest BCUT2D eigenvalue weighted by molar-refractivity contribution is 6.19. The number of aryl methyl sites for hydroxylation is 1. The molecule has 0 bridgehead atoms. The molecule has 2 N–H and O–H groups in total. The highest BCUT2D eigenvalue weighted by Crippen LogP contribution is 2.30. The number of ketones is 1. The van der Waals surface area contributed by atoms with Crippen molar-refractivity contribution in [3.63, 3.8) is 0 Å². The summed E-state index contributed by atoms with van der Waals surface area (Å²) < 4.78 is 18.8. The molecule has 0 fully saturated rings. The Labute approximate surface area is 152 Å². The summed E-state index contributed by atoms with van der Waals surface area (Å²) in [4.78, 5) is 27.2. The van der Waals surface area contributed by atoms with Crippen molar-refractivity contribution < 1.29 is 23.6 Å². The second-order valence-corrected chi connectivity index (χ2v) is 6.07. The summed E-state index contributed by atoms with van der Waals surface area (Å²) in [5.74, 6) is -1.53. The van der Waals surface area contributed by atoms with Gasteiger partial charge < -0.3 is 14.6 Å². The molecule has 0 unspecified atom stereocenters. The Kier molecular flexibility index (Phi) is 3.84. The molecule has 0 aliphatic carbocycles. The number of nitrogens with one attached hydrogen (secondary N) is 1. The minimum atomic E-state index is -1.05. The van der Waals surface area contributed by atoms with Gasteiger partial charge in [-0.25, -0.2) is 9.18 Å². The van der Waals surface area contributed by atoms with Gasteiger partial charge in [0.2, 0.25) is 5.78 Å². The lowest BCUT2D eigenvalue weighted by molar-refractivity contribution is 0.0697. The number of aromatic nitrogens is 2. The molecular formula is C20H13FN2O4. The molecule has 0 amide bonds. The average Bonchev–Trinajstić information content (AvgIpc) is 3.24. The molecular weight excluding hydrogens is 351 g/mol. The third-order valence-electron chi connectivity index (χ3n) is 4.36. The molecule has 0 aliphatic rings. The Balaban J connectivity index is 1.84. The third-order valence-corrected chi connectivity index (χ3v) is 4.36.